The van der Waals surface area contributed by atoms with Crippen LogP contribution in [0.3, 0.4) is 0 Å². The topological polar surface area (TPSA) is 47.9 Å². The highest BCUT2D eigenvalue weighted by Crippen LogP contribution is 2.24. The number of aliphatic hydroxyl groups excluding tert-OH is 1. The Morgan fingerprint density at radius 2 is 2.14 bits per heavy atom. The molecule has 0 radical (unpaired) electrons. The van der Waals surface area contributed by atoms with Gasteiger partial charge in [-0.15, -0.1) is 0 Å². The monoisotopic (exact) mass is 314 g/mol. The fraction of sp³-hybridized carbons (Fsp3) is 0.625. The lowest BCUT2D eigenvalue weighted by Crippen LogP contribution is -2.50. The lowest BCUT2D eigenvalue weighted by Gasteiger charge is -2.38. The molecule has 0 amide bonds. The zero-order valence-electron chi connectivity index (χ0n) is 12.5. The minimum Gasteiger partial charge on any atom is -0.390 e. The van der Waals surface area contributed by atoms with Crippen molar-refractivity contribution in [3.05, 3.63) is 34.9 Å². The molecule has 4 nitrogen and oxygen atoms in total. The van der Waals surface area contributed by atoms with Gasteiger partial charge in [0.1, 0.15) is 12.2 Å². The number of ether oxygens (including phenoxy) is 3. The van der Waals surface area contributed by atoms with Gasteiger partial charge < -0.3 is 19.3 Å². The van der Waals surface area contributed by atoms with Crippen LogP contribution in [0.2, 0.25) is 5.02 Å². The first kappa shape index (κ1) is 16.7. The zero-order valence-corrected chi connectivity index (χ0v) is 13.3. The van der Waals surface area contributed by atoms with Gasteiger partial charge in [-0.2, -0.15) is 0 Å². The summed E-state index contributed by atoms with van der Waals surface area (Å²) in [6.07, 6.45) is -0.109. The van der Waals surface area contributed by atoms with Gasteiger partial charge in [0.25, 0.3) is 0 Å². The van der Waals surface area contributed by atoms with Crippen LogP contribution in [-0.4, -0.2) is 36.3 Å². The molecular weight excluding hydrogens is 292 g/mol. The average Bonchev–Trinajstić information content (AvgIpc) is 2.53. The molecule has 5 heteroatoms. The summed E-state index contributed by atoms with van der Waals surface area (Å²) in [4.78, 5) is 0. The van der Waals surface area contributed by atoms with E-state index in [1.54, 1.807) is 0 Å². The van der Waals surface area contributed by atoms with E-state index in [0.29, 0.717) is 24.7 Å². The molecule has 1 aliphatic rings. The standard InChI is InChI=1S/C16H23ClO4/c1-3-13(18)16-14(10-20-15(4-2)21-16)19-9-11-7-5-6-8-12(11)17/h5-8,13-16,18H,3-4,9-10H2,1-2H3/t13?,14-,15+,16-/m0/s1. The molecule has 1 saturated heterocycles. The van der Waals surface area contributed by atoms with E-state index >= 15 is 0 Å². The summed E-state index contributed by atoms with van der Waals surface area (Å²) in [5.74, 6) is 0. The van der Waals surface area contributed by atoms with Gasteiger partial charge in [0.2, 0.25) is 0 Å². The zero-order chi connectivity index (χ0) is 15.2. The van der Waals surface area contributed by atoms with Crippen LogP contribution < -0.4 is 0 Å². The van der Waals surface area contributed by atoms with Crippen molar-refractivity contribution in [2.75, 3.05) is 6.61 Å². The molecule has 1 aromatic carbocycles. The maximum atomic E-state index is 10.1. The average molecular weight is 315 g/mol. The third-order valence-corrected chi connectivity index (χ3v) is 4.03. The summed E-state index contributed by atoms with van der Waals surface area (Å²) in [6.45, 7) is 4.71. The van der Waals surface area contributed by atoms with E-state index in [2.05, 4.69) is 0 Å². The Bertz CT molecular complexity index is 440. The molecular formula is C16H23ClO4. The Morgan fingerprint density at radius 1 is 1.38 bits per heavy atom. The molecule has 1 aromatic rings. The van der Waals surface area contributed by atoms with Crippen LogP contribution >= 0.6 is 11.6 Å². The van der Waals surface area contributed by atoms with E-state index in [4.69, 9.17) is 25.8 Å². The third-order valence-electron chi connectivity index (χ3n) is 3.66. The molecule has 21 heavy (non-hydrogen) atoms. The maximum absolute atomic E-state index is 10.1. The number of rotatable bonds is 6. The van der Waals surface area contributed by atoms with Crippen LogP contribution in [-0.2, 0) is 20.8 Å². The number of halogens is 1. The maximum Gasteiger partial charge on any atom is 0.158 e. The van der Waals surface area contributed by atoms with Gasteiger partial charge in [0.05, 0.1) is 19.3 Å². The molecule has 0 bridgehead atoms. The Hall–Kier alpha value is -0.650. The van der Waals surface area contributed by atoms with Crippen molar-refractivity contribution in [1.82, 2.24) is 0 Å². The summed E-state index contributed by atoms with van der Waals surface area (Å²) in [6, 6.07) is 7.56. The summed E-state index contributed by atoms with van der Waals surface area (Å²) < 4.78 is 17.3. The molecule has 1 heterocycles. The van der Waals surface area contributed by atoms with Crippen LogP contribution in [0.1, 0.15) is 32.3 Å². The second kappa shape index (κ2) is 8.11. The third kappa shape index (κ3) is 4.41. The fourth-order valence-electron chi connectivity index (χ4n) is 2.34. The summed E-state index contributed by atoms with van der Waals surface area (Å²) >= 11 is 6.12. The second-order valence-corrected chi connectivity index (χ2v) is 5.60. The van der Waals surface area contributed by atoms with Gasteiger partial charge in [-0.3, -0.25) is 0 Å². The van der Waals surface area contributed by atoms with Crippen molar-refractivity contribution in [1.29, 1.82) is 0 Å². The van der Waals surface area contributed by atoms with Crippen molar-refractivity contribution in [2.45, 2.75) is 57.9 Å². The molecule has 1 N–H and O–H groups in total. The molecule has 4 atom stereocenters. The Balaban J connectivity index is 1.98. The van der Waals surface area contributed by atoms with Crippen LogP contribution in [0.25, 0.3) is 0 Å². The number of aliphatic hydroxyl groups is 1. The van der Waals surface area contributed by atoms with E-state index in [0.717, 1.165) is 12.0 Å². The van der Waals surface area contributed by atoms with Crippen LogP contribution in [0, 0.1) is 0 Å². The highest BCUT2D eigenvalue weighted by atomic mass is 35.5. The van der Waals surface area contributed by atoms with Gasteiger partial charge in [-0.05, 0) is 24.5 Å². The van der Waals surface area contributed by atoms with Crippen LogP contribution in [0.5, 0.6) is 0 Å². The van der Waals surface area contributed by atoms with Crippen LogP contribution in [0.15, 0.2) is 24.3 Å². The van der Waals surface area contributed by atoms with Crippen LogP contribution in [0.4, 0.5) is 0 Å². The van der Waals surface area contributed by atoms with Gasteiger partial charge >= 0.3 is 0 Å². The minimum absolute atomic E-state index is 0.267. The summed E-state index contributed by atoms with van der Waals surface area (Å²) in [7, 11) is 0. The molecule has 118 valence electrons. The van der Waals surface area contributed by atoms with Crippen molar-refractivity contribution in [2.24, 2.45) is 0 Å². The van der Waals surface area contributed by atoms with Crippen molar-refractivity contribution < 1.29 is 19.3 Å². The molecule has 0 spiro atoms. The largest absolute Gasteiger partial charge is 0.390 e. The lowest BCUT2D eigenvalue weighted by molar-refractivity contribution is -0.281. The fourth-order valence-corrected chi connectivity index (χ4v) is 2.53. The lowest BCUT2D eigenvalue weighted by atomic mass is 10.0. The molecule has 0 aromatic heterocycles. The van der Waals surface area contributed by atoms with Crippen molar-refractivity contribution in [3.63, 3.8) is 0 Å². The van der Waals surface area contributed by atoms with E-state index in [1.165, 1.54) is 0 Å². The molecule has 1 unspecified atom stereocenters. The van der Waals surface area contributed by atoms with Gasteiger partial charge in [0.15, 0.2) is 6.29 Å². The van der Waals surface area contributed by atoms with E-state index in [-0.39, 0.29) is 18.5 Å². The highest BCUT2D eigenvalue weighted by Gasteiger charge is 2.36. The first-order valence-corrected chi connectivity index (χ1v) is 7.83. The van der Waals surface area contributed by atoms with Crippen molar-refractivity contribution >= 4 is 11.6 Å². The number of hydrogen-bond donors (Lipinski definition) is 1. The second-order valence-electron chi connectivity index (χ2n) is 5.19. The van der Waals surface area contributed by atoms with Gasteiger partial charge in [-0.25, -0.2) is 0 Å². The summed E-state index contributed by atoms with van der Waals surface area (Å²) in [5, 5.41) is 10.8. The first-order valence-electron chi connectivity index (χ1n) is 7.45. The number of benzene rings is 1. The molecule has 0 aliphatic carbocycles. The number of hydrogen-bond acceptors (Lipinski definition) is 4. The highest BCUT2D eigenvalue weighted by molar-refractivity contribution is 6.31. The van der Waals surface area contributed by atoms with Gasteiger partial charge in [0, 0.05) is 5.02 Å². The van der Waals surface area contributed by atoms with E-state index in [9.17, 15) is 5.11 Å². The molecule has 0 saturated carbocycles. The minimum atomic E-state index is -0.556. The SMILES string of the molecule is CCC(O)[C@@H]1O[C@H](CC)OC[C@@H]1OCc1ccccc1Cl. The molecule has 2 rings (SSSR count). The van der Waals surface area contributed by atoms with E-state index < -0.39 is 6.10 Å². The smallest absolute Gasteiger partial charge is 0.158 e. The summed E-state index contributed by atoms with van der Waals surface area (Å²) in [5.41, 5.74) is 0.918. The molecule has 1 aliphatic heterocycles. The first-order chi connectivity index (χ1) is 10.2. The van der Waals surface area contributed by atoms with Crippen molar-refractivity contribution in [3.8, 4) is 0 Å². The molecule has 1 fully saturated rings. The Morgan fingerprint density at radius 3 is 2.81 bits per heavy atom. The normalized spacial score (nSPS) is 27.5. The predicted octanol–water partition coefficient (Wildman–Crippen LogP) is 3.15. The van der Waals surface area contributed by atoms with Gasteiger partial charge in [-0.1, -0.05) is 43.6 Å². The quantitative estimate of drug-likeness (QED) is 0.876. The Kier molecular flexibility index (Phi) is 6.45. The van der Waals surface area contributed by atoms with E-state index in [1.807, 2.05) is 38.1 Å². The predicted molar refractivity (Wildman–Crippen MR) is 81.2 cm³/mol. The Labute approximate surface area is 131 Å².